The van der Waals surface area contributed by atoms with Gasteiger partial charge in [-0.25, -0.2) is 4.98 Å². The monoisotopic (exact) mass is 290 g/mol. The quantitative estimate of drug-likeness (QED) is 0.827. The Morgan fingerprint density at radius 1 is 1.24 bits per heavy atom. The van der Waals surface area contributed by atoms with Gasteiger partial charge in [-0.05, 0) is 12.8 Å². The SMILES string of the molecule is O=C(O)CCCCc1nc2cc3c(cc2[nH]1)OCCCO3. The van der Waals surface area contributed by atoms with E-state index in [9.17, 15) is 4.79 Å². The number of carboxylic acid groups (broad SMARTS) is 1. The van der Waals surface area contributed by atoms with E-state index in [0.717, 1.165) is 47.6 Å². The molecule has 112 valence electrons. The van der Waals surface area contributed by atoms with Crippen molar-refractivity contribution in [1.82, 2.24) is 9.97 Å². The Kier molecular flexibility index (Phi) is 3.94. The summed E-state index contributed by atoms with van der Waals surface area (Å²) in [6, 6.07) is 3.82. The molecule has 0 aliphatic carbocycles. The standard InChI is InChI=1S/C15H18N2O4/c18-15(19)5-2-1-4-14-16-10-8-12-13(9-11(10)17-14)21-7-3-6-20-12/h8-9H,1-7H2,(H,16,17)(H,18,19). The molecule has 0 radical (unpaired) electrons. The second kappa shape index (κ2) is 6.03. The number of H-pyrrole nitrogens is 1. The Labute approximate surface area is 122 Å². The maximum Gasteiger partial charge on any atom is 0.303 e. The number of hydrogen-bond donors (Lipinski definition) is 2. The van der Waals surface area contributed by atoms with Crippen LogP contribution in [0.25, 0.3) is 11.0 Å². The minimum atomic E-state index is -0.752. The minimum Gasteiger partial charge on any atom is -0.489 e. The van der Waals surface area contributed by atoms with Gasteiger partial charge in [-0.3, -0.25) is 4.79 Å². The molecular formula is C15H18N2O4. The molecule has 1 aliphatic rings. The molecule has 21 heavy (non-hydrogen) atoms. The zero-order chi connectivity index (χ0) is 14.7. The highest BCUT2D eigenvalue weighted by molar-refractivity contribution is 5.79. The lowest BCUT2D eigenvalue weighted by atomic mass is 10.2. The second-order valence-corrected chi connectivity index (χ2v) is 5.15. The summed E-state index contributed by atoms with van der Waals surface area (Å²) in [4.78, 5) is 18.3. The molecule has 0 saturated carbocycles. The predicted molar refractivity (Wildman–Crippen MR) is 76.9 cm³/mol. The lowest BCUT2D eigenvalue weighted by Gasteiger charge is -2.05. The zero-order valence-corrected chi connectivity index (χ0v) is 11.7. The van der Waals surface area contributed by atoms with Crippen LogP contribution >= 0.6 is 0 Å². The molecule has 0 spiro atoms. The minimum absolute atomic E-state index is 0.205. The van der Waals surface area contributed by atoms with Gasteiger partial charge in [0.1, 0.15) is 5.82 Å². The third-order valence-electron chi connectivity index (χ3n) is 3.45. The van der Waals surface area contributed by atoms with Crippen LogP contribution in [0.2, 0.25) is 0 Å². The Balaban J connectivity index is 1.72. The van der Waals surface area contributed by atoms with Gasteiger partial charge in [0.2, 0.25) is 0 Å². The Bertz CT molecular complexity index is 607. The molecule has 3 rings (SSSR count). The zero-order valence-electron chi connectivity index (χ0n) is 11.7. The van der Waals surface area contributed by atoms with Crippen molar-refractivity contribution in [3.05, 3.63) is 18.0 Å². The lowest BCUT2D eigenvalue weighted by Crippen LogP contribution is -1.97. The number of benzene rings is 1. The summed E-state index contributed by atoms with van der Waals surface area (Å²) in [5.41, 5.74) is 1.78. The summed E-state index contributed by atoms with van der Waals surface area (Å²) >= 11 is 0. The van der Waals surface area contributed by atoms with E-state index in [0.29, 0.717) is 19.6 Å². The average Bonchev–Trinajstić information content (AvgIpc) is 2.69. The van der Waals surface area contributed by atoms with E-state index in [2.05, 4.69) is 9.97 Å². The molecular weight excluding hydrogens is 272 g/mol. The van der Waals surface area contributed by atoms with Crippen molar-refractivity contribution in [2.75, 3.05) is 13.2 Å². The van der Waals surface area contributed by atoms with E-state index >= 15 is 0 Å². The highest BCUT2D eigenvalue weighted by atomic mass is 16.5. The van der Waals surface area contributed by atoms with Gasteiger partial charge in [-0.2, -0.15) is 0 Å². The lowest BCUT2D eigenvalue weighted by molar-refractivity contribution is -0.137. The van der Waals surface area contributed by atoms with Gasteiger partial charge in [-0.15, -0.1) is 0 Å². The van der Waals surface area contributed by atoms with Crippen LogP contribution in [-0.4, -0.2) is 34.3 Å². The number of imidazole rings is 1. The number of aryl methyl sites for hydroxylation is 1. The number of aromatic nitrogens is 2. The molecule has 0 saturated heterocycles. The first-order valence-corrected chi connectivity index (χ1v) is 7.22. The highest BCUT2D eigenvalue weighted by Crippen LogP contribution is 2.33. The third kappa shape index (κ3) is 3.26. The number of unbranched alkanes of at least 4 members (excludes halogenated alkanes) is 1. The van der Waals surface area contributed by atoms with Crippen molar-refractivity contribution >= 4 is 17.0 Å². The van der Waals surface area contributed by atoms with E-state index in [1.807, 2.05) is 12.1 Å². The smallest absolute Gasteiger partial charge is 0.303 e. The number of aliphatic carboxylic acids is 1. The number of nitrogens with zero attached hydrogens (tertiary/aromatic N) is 1. The van der Waals surface area contributed by atoms with E-state index in [1.165, 1.54) is 0 Å². The van der Waals surface area contributed by atoms with Crippen LogP contribution in [0.1, 0.15) is 31.5 Å². The van der Waals surface area contributed by atoms with Crippen LogP contribution in [0, 0.1) is 0 Å². The number of aromatic amines is 1. The topological polar surface area (TPSA) is 84.4 Å². The molecule has 0 amide bonds. The summed E-state index contributed by atoms with van der Waals surface area (Å²) in [5.74, 6) is 1.61. The maximum absolute atomic E-state index is 10.5. The second-order valence-electron chi connectivity index (χ2n) is 5.15. The van der Waals surface area contributed by atoms with Gasteiger partial charge in [-0.1, -0.05) is 0 Å². The largest absolute Gasteiger partial charge is 0.489 e. The number of ether oxygens (including phenoxy) is 2. The van der Waals surface area contributed by atoms with E-state index in [1.54, 1.807) is 0 Å². The van der Waals surface area contributed by atoms with Gasteiger partial charge < -0.3 is 19.6 Å². The van der Waals surface area contributed by atoms with Crippen LogP contribution in [0.4, 0.5) is 0 Å². The normalized spacial score (nSPS) is 14.1. The van der Waals surface area contributed by atoms with E-state index < -0.39 is 5.97 Å². The summed E-state index contributed by atoms with van der Waals surface area (Å²) < 4.78 is 11.3. The van der Waals surface area contributed by atoms with Gasteiger partial charge in [0.05, 0.1) is 24.2 Å². The molecule has 1 aliphatic heterocycles. The number of hydrogen-bond acceptors (Lipinski definition) is 4. The van der Waals surface area contributed by atoms with Crippen LogP contribution in [0.15, 0.2) is 12.1 Å². The van der Waals surface area contributed by atoms with Crippen molar-refractivity contribution < 1.29 is 19.4 Å². The maximum atomic E-state index is 10.5. The van der Waals surface area contributed by atoms with Crippen molar-refractivity contribution in [3.8, 4) is 11.5 Å². The Morgan fingerprint density at radius 2 is 2.00 bits per heavy atom. The van der Waals surface area contributed by atoms with Crippen LogP contribution in [0.5, 0.6) is 11.5 Å². The highest BCUT2D eigenvalue weighted by Gasteiger charge is 2.13. The number of rotatable bonds is 5. The molecule has 2 heterocycles. The number of carboxylic acids is 1. The average molecular weight is 290 g/mol. The van der Waals surface area contributed by atoms with Gasteiger partial charge in [0.25, 0.3) is 0 Å². The van der Waals surface area contributed by atoms with Crippen molar-refractivity contribution in [2.24, 2.45) is 0 Å². The van der Waals surface area contributed by atoms with Crippen molar-refractivity contribution in [3.63, 3.8) is 0 Å². The number of carbonyl (C=O) groups is 1. The van der Waals surface area contributed by atoms with E-state index in [-0.39, 0.29) is 6.42 Å². The molecule has 2 aromatic rings. The summed E-state index contributed by atoms with van der Waals surface area (Å²) in [6.45, 7) is 1.32. The van der Waals surface area contributed by atoms with Crippen molar-refractivity contribution in [1.29, 1.82) is 0 Å². The Hall–Kier alpha value is -2.24. The first-order chi connectivity index (χ1) is 10.2. The first kappa shape index (κ1) is 13.7. The van der Waals surface area contributed by atoms with Gasteiger partial charge >= 0.3 is 5.97 Å². The number of fused-ring (bicyclic) bond motifs is 2. The van der Waals surface area contributed by atoms with Gasteiger partial charge in [0.15, 0.2) is 11.5 Å². The summed E-state index contributed by atoms with van der Waals surface area (Å²) in [6.07, 6.45) is 3.29. The fourth-order valence-electron chi connectivity index (χ4n) is 2.41. The van der Waals surface area contributed by atoms with Crippen LogP contribution in [0.3, 0.4) is 0 Å². The molecule has 6 heteroatoms. The molecule has 0 atom stereocenters. The molecule has 0 fully saturated rings. The van der Waals surface area contributed by atoms with Crippen LogP contribution < -0.4 is 9.47 Å². The molecule has 0 unspecified atom stereocenters. The van der Waals surface area contributed by atoms with E-state index in [4.69, 9.17) is 14.6 Å². The predicted octanol–water partition coefficient (Wildman–Crippen LogP) is 2.52. The summed E-state index contributed by atoms with van der Waals surface area (Å²) in [5, 5.41) is 8.62. The van der Waals surface area contributed by atoms with Crippen LogP contribution in [-0.2, 0) is 11.2 Å². The third-order valence-corrected chi connectivity index (χ3v) is 3.45. The molecule has 1 aromatic heterocycles. The number of nitrogens with one attached hydrogen (secondary N) is 1. The molecule has 6 nitrogen and oxygen atoms in total. The van der Waals surface area contributed by atoms with Gasteiger partial charge in [0, 0.05) is 31.4 Å². The summed E-state index contributed by atoms with van der Waals surface area (Å²) in [7, 11) is 0. The molecule has 1 aromatic carbocycles. The molecule has 2 N–H and O–H groups in total. The van der Waals surface area contributed by atoms with Crippen molar-refractivity contribution in [2.45, 2.75) is 32.1 Å². The Morgan fingerprint density at radius 3 is 2.76 bits per heavy atom. The fourth-order valence-corrected chi connectivity index (χ4v) is 2.41. The fraction of sp³-hybridized carbons (Fsp3) is 0.467. The first-order valence-electron chi connectivity index (χ1n) is 7.22. The molecule has 0 bridgehead atoms.